The number of aryl methyl sites for hydroxylation is 1. The summed E-state index contributed by atoms with van der Waals surface area (Å²) in [5.41, 5.74) is 2.75. The van der Waals surface area contributed by atoms with Crippen LogP contribution < -0.4 is 9.47 Å². The number of hydrogen-bond donors (Lipinski definition) is 4. The lowest BCUT2D eigenvalue weighted by molar-refractivity contribution is -0.271. The minimum absolute atomic E-state index is 0.0220. The standard InChI is InChI=1S/C27H38O8/c1-5-6-7-8-15-12-18(33-26-23(30)21(28)22(29)24(34-26)25(31)32)20-16-11-14(2)9-10-17(16)27(3,4)35-19(20)13-15/h11-13,16-17,21-24,26,28-30H,5-10H2,1-4H3,(H,31,32)/t16-,17-,21+,22+,23-,24+,26-/m1/s1. The molecule has 8 heteroatoms. The molecule has 4 N–H and O–H groups in total. The van der Waals surface area contributed by atoms with E-state index in [4.69, 9.17) is 14.2 Å². The molecule has 0 bridgehead atoms. The largest absolute Gasteiger partial charge is 0.487 e. The quantitative estimate of drug-likeness (QED) is 0.339. The van der Waals surface area contributed by atoms with E-state index in [1.54, 1.807) is 0 Å². The van der Waals surface area contributed by atoms with Crippen molar-refractivity contribution in [3.63, 3.8) is 0 Å². The normalized spacial score (nSPS) is 33.7. The topological polar surface area (TPSA) is 126 Å². The summed E-state index contributed by atoms with van der Waals surface area (Å²) < 4.78 is 18.1. The molecule has 0 amide bonds. The van der Waals surface area contributed by atoms with Crippen molar-refractivity contribution >= 4 is 5.97 Å². The van der Waals surface area contributed by atoms with Crippen molar-refractivity contribution < 1.29 is 39.4 Å². The van der Waals surface area contributed by atoms with Gasteiger partial charge in [0.25, 0.3) is 0 Å². The van der Waals surface area contributed by atoms with Crippen molar-refractivity contribution in [3.05, 3.63) is 34.9 Å². The fraction of sp³-hybridized carbons (Fsp3) is 0.667. The third kappa shape index (κ3) is 5.07. The van der Waals surface area contributed by atoms with Gasteiger partial charge in [-0.25, -0.2) is 4.79 Å². The van der Waals surface area contributed by atoms with Crippen LogP contribution in [0.25, 0.3) is 0 Å². The third-order valence-electron chi connectivity index (χ3n) is 7.64. The molecule has 1 saturated heterocycles. The summed E-state index contributed by atoms with van der Waals surface area (Å²) in [4.78, 5) is 11.6. The number of rotatable bonds is 7. The number of aliphatic hydroxyl groups excluding tert-OH is 3. The highest BCUT2D eigenvalue weighted by Crippen LogP contribution is 2.54. The van der Waals surface area contributed by atoms with Crippen molar-refractivity contribution in [2.24, 2.45) is 5.92 Å². The van der Waals surface area contributed by atoms with Gasteiger partial charge in [0.05, 0.1) is 0 Å². The van der Waals surface area contributed by atoms with Crippen LogP contribution in [0.4, 0.5) is 0 Å². The number of unbranched alkanes of at least 4 members (excludes halogenated alkanes) is 2. The van der Waals surface area contributed by atoms with Gasteiger partial charge in [-0.15, -0.1) is 0 Å². The van der Waals surface area contributed by atoms with Crippen LogP contribution in [0.1, 0.15) is 76.8 Å². The molecule has 0 spiro atoms. The summed E-state index contributed by atoms with van der Waals surface area (Å²) in [6.45, 7) is 8.47. The Morgan fingerprint density at radius 3 is 2.57 bits per heavy atom. The smallest absolute Gasteiger partial charge is 0.335 e. The Morgan fingerprint density at radius 1 is 1.14 bits per heavy atom. The Labute approximate surface area is 206 Å². The maximum atomic E-state index is 11.6. The Bertz CT molecular complexity index is 970. The first-order chi connectivity index (χ1) is 16.5. The molecule has 8 nitrogen and oxygen atoms in total. The molecule has 194 valence electrons. The molecule has 1 aliphatic carbocycles. The molecule has 1 aromatic carbocycles. The SMILES string of the molecule is CCCCCc1cc(O[C@@H]2O[C@H](C(=O)O)[C@@H](O)[C@H](O)[C@H]2O)c2c(c1)OC(C)(C)[C@@H]1CCC(C)=C[C@@H]21. The zero-order valence-corrected chi connectivity index (χ0v) is 20.9. The van der Waals surface area contributed by atoms with Crippen LogP contribution in [0, 0.1) is 5.92 Å². The van der Waals surface area contributed by atoms with Crippen LogP contribution in [0.15, 0.2) is 23.8 Å². The second kappa shape index (κ2) is 10.1. The number of aliphatic carboxylic acids is 1. The molecule has 2 heterocycles. The number of benzene rings is 1. The maximum absolute atomic E-state index is 11.6. The number of carbonyl (C=O) groups is 1. The molecule has 0 aromatic heterocycles. The van der Waals surface area contributed by atoms with Crippen molar-refractivity contribution in [2.75, 3.05) is 0 Å². The highest BCUT2D eigenvalue weighted by molar-refractivity contribution is 5.73. The molecule has 1 aromatic rings. The van der Waals surface area contributed by atoms with Gasteiger partial charge in [0.1, 0.15) is 35.4 Å². The van der Waals surface area contributed by atoms with Crippen LogP contribution >= 0.6 is 0 Å². The van der Waals surface area contributed by atoms with Gasteiger partial charge >= 0.3 is 5.97 Å². The predicted molar refractivity (Wildman–Crippen MR) is 129 cm³/mol. The number of allylic oxidation sites excluding steroid dienone is 2. The predicted octanol–water partition coefficient (Wildman–Crippen LogP) is 3.30. The number of aliphatic hydroxyl groups is 3. The Kier molecular flexibility index (Phi) is 7.48. The first-order valence-corrected chi connectivity index (χ1v) is 12.7. The maximum Gasteiger partial charge on any atom is 0.335 e. The van der Waals surface area contributed by atoms with Crippen molar-refractivity contribution in [1.29, 1.82) is 0 Å². The molecule has 0 radical (unpaired) electrons. The number of fused-ring (bicyclic) bond motifs is 3. The summed E-state index contributed by atoms with van der Waals surface area (Å²) >= 11 is 0. The monoisotopic (exact) mass is 490 g/mol. The van der Waals surface area contributed by atoms with Crippen molar-refractivity contribution in [1.82, 2.24) is 0 Å². The molecule has 3 aliphatic rings. The fourth-order valence-electron chi connectivity index (χ4n) is 5.66. The van der Waals surface area contributed by atoms with E-state index in [-0.39, 0.29) is 17.4 Å². The van der Waals surface area contributed by atoms with Gasteiger partial charge in [0, 0.05) is 17.4 Å². The first kappa shape index (κ1) is 25.9. The van der Waals surface area contributed by atoms with Crippen molar-refractivity contribution in [2.45, 2.75) is 108 Å². The van der Waals surface area contributed by atoms with E-state index in [9.17, 15) is 25.2 Å². The van der Waals surface area contributed by atoms with E-state index < -0.39 is 36.7 Å². The average molecular weight is 491 g/mol. The zero-order chi connectivity index (χ0) is 25.5. The summed E-state index contributed by atoms with van der Waals surface area (Å²) in [6, 6.07) is 3.97. The van der Waals surface area contributed by atoms with Gasteiger partial charge in [0.15, 0.2) is 6.10 Å². The molecule has 2 aliphatic heterocycles. The first-order valence-electron chi connectivity index (χ1n) is 12.7. The van der Waals surface area contributed by atoms with E-state index in [0.717, 1.165) is 49.7 Å². The number of carboxylic acids is 1. The Morgan fingerprint density at radius 2 is 1.89 bits per heavy atom. The zero-order valence-electron chi connectivity index (χ0n) is 20.9. The summed E-state index contributed by atoms with van der Waals surface area (Å²) in [7, 11) is 0. The Hall–Kier alpha value is -2.13. The second-order valence-electron chi connectivity index (χ2n) is 10.7. The fourth-order valence-corrected chi connectivity index (χ4v) is 5.66. The third-order valence-corrected chi connectivity index (χ3v) is 7.64. The lowest BCUT2D eigenvalue weighted by Crippen LogP contribution is -2.61. The summed E-state index contributed by atoms with van der Waals surface area (Å²) in [5, 5.41) is 40.4. The molecule has 0 unspecified atom stereocenters. The van der Waals surface area contributed by atoms with E-state index in [1.165, 1.54) is 5.57 Å². The number of ether oxygens (including phenoxy) is 3. The highest BCUT2D eigenvalue weighted by Gasteiger charge is 2.50. The minimum atomic E-state index is -1.77. The van der Waals surface area contributed by atoms with Crippen molar-refractivity contribution in [3.8, 4) is 11.5 Å². The van der Waals surface area contributed by atoms with Crippen LogP contribution in [0.2, 0.25) is 0 Å². The Balaban J connectivity index is 1.76. The van der Waals surface area contributed by atoms with Crippen LogP contribution in [-0.2, 0) is 16.0 Å². The van der Waals surface area contributed by atoms with Gasteiger partial charge in [-0.2, -0.15) is 0 Å². The van der Waals surface area contributed by atoms with Crippen LogP contribution in [0.3, 0.4) is 0 Å². The van der Waals surface area contributed by atoms with Gasteiger partial charge < -0.3 is 34.6 Å². The minimum Gasteiger partial charge on any atom is -0.487 e. The number of carboxylic acid groups (broad SMARTS) is 1. The molecule has 0 saturated carbocycles. The van der Waals surface area contributed by atoms with Crippen LogP contribution in [-0.4, -0.2) is 62.7 Å². The van der Waals surface area contributed by atoms with E-state index in [0.29, 0.717) is 11.5 Å². The average Bonchev–Trinajstić information content (AvgIpc) is 2.78. The molecule has 7 atom stereocenters. The van der Waals surface area contributed by atoms with E-state index in [1.807, 2.05) is 6.07 Å². The van der Waals surface area contributed by atoms with E-state index in [2.05, 4.69) is 39.8 Å². The highest BCUT2D eigenvalue weighted by atomic mass is 16.7. The van der Waals surface area contributed by atoms with Gasteiger partial charge in [0.2, 0.25) is 6.29 Å². The lowest BCUT2D eigenvalue weighted by Gasteiger charge is -2.47. The second-order valence-corrected chi connectivity index (χ2v) is 10.7. The van der Waals surface area contributed by atoms with E-state index >= 15 is 0 Å². The lowest BCUT2D eigenvalue weighted by atomic mass is 9.68. The number of hydrogen-bond acceptors (Lipinski definition) is 7. The summed E-state index contributed by atoms with van der Waals surface area (Å²) in [6.07, 6.45) is -0.117. The molecule has 1 fully saturated rings. The molecule has 35 heavy (non-hydrogen) atoms. The van der Waals surface area contributed by atoms with Gasteiger partial charge in [-0.3, -0.25) is 0 Å². The molecular formula is C27H38O8. The van der Waals surface area contributed by atoms with Crippen LogP contribution in [0.5, 0.6) is 11.5 Å². The molecule has 4 rings (SSSR count). The summed E-state index contributed by atoms with van der Waals surface area (Å²) in [5.74, 6) is -0.0467. The molecular weight excluding hydrogens is 452 g/mol. The van der Waals surface area contributed by atoms with Gasteiger partial charge in [-0.05, 0) is 64.2 Å². The van der Waals surface area contributed by atoms with Gasteiger partial charge in [-0.1, -0.05) is 31.4 Å².